The van der Waals surface area contributed by atoms with Crippen LogP contribution in [0.1, 0.15) is 39.4 Å². The molecule has 0 saturated carbocycles. The lowest BCUT2D eigenvalue weighted by Gasteiger charge is -2.25. The molecular formula is C25H29NO4. The minimum Gasteiger partial charge on any atom is -0.373 e. The Balaban J connectivity index is 1.48. The van der Waals surface area contributed by atoms with Crippen LogP contribution in [0.5, 0.6) is 0 Å². The largest absolute Gasteiger partial charge is 0.373 e. The first-order chi connectivity index (χ1) is 14.7. The molecule has 0 amide bonds. The Labute approximate surface area is 177 Å². The van der Waals surface area contributed by atoms with Crippen molar-refractivity contribution in [1.82, 2.24) is 0 Å². The fourth-order valence-corrected chi connectivity index (χ4v) is 4.63. The summed E-state index contributed by atoms with van der Waals surface area (Å²) in [5, 5.41) is 0. The molecule has 6 rings (SSSR count). The molecule has 158 valence electrons. The fourth-order valence-electron chi connectivity index (χ4n) is 4.63. The van der Waals surface area contributed by atoms with Gasteiger partial charge in [0.05, 0.1) is 56.9 Å². The quantitative estimate of drug-likeness (QED) is 0.613. The second-order valence-corrected chi connectivity index (χ2v) is 9.09. The van der Waals surface area contributed by atoms with E-state index in [0.717, 1.165) is 57.7 Å². The summed E-state index contributed by atoms with van der Waals surface area (Å²) < 4.78 is 22.5. The Morgan fingerprint density at radius 1 is 0.700 bits per heavy atom. The maximum atomic E-state index is 6.88. The zero-order valence-corrected chi connectivity index (χ0v) is 17.2. The summed E-state index contributed by atoms with van der Waals surface area (Å²) in [7, 11) is 0. The zero-order chi connectivity index (χ0) is 20.1. The average molecular weight is 408 g/mol. The second-order valence-electron chi connectivity index (χ2n) is 9.09. The topological polar surface area (TPSA) is 76.1 Å². The first kappa shape index (κ1) is 19.0. The van der Waals surface area contributed by atoms with Gasteiger partial charge >= 0.3 is 0 Å². The number of epoxide rings is 4. The highest BCUT2D eigenvalue weighted by molar-refractivity contribution is 5.51. The molecule has 4 aliphatic heterocycles. The van der Waals surface area contributed by atoms with E-state index in [2.05, 4.69) is 30.3 Å². The number of hydrogen-bond donors (Lipinski definition) is 1. The molecule has 5 nitrogen and oxygen atoms in total. The van der Waals surface area contributed by atoms with Gasteiger partial charge in [-0.15, -0.1) is 0 Å². The van der Waals surface area contributed by atoms with Gasteiger partial charge in [0.1, 0.15) is 0 Å². The number of benzene rings is 2. The number of ether oxygens (including phenoxy) is 4. The van der Waals surface area contributed by atoms with Gasteiger partial charge in [-0.1, -0.05) is 36.4 Å². The Kier molecular flexibility index (Phi) is 4.89. The van der Waals surface area contributed by atoms with Crippen LogP contribution in [0.4, 0.5) is 0 Å². The molecule has 5 atom stereocenters. The molecule has 4 heterocycles. The van der Waals surface area contributed by atoms with Crippen molar-refractivity contribution in [3.8, 4) is 0 Å². The van der Waals surface area contributed by atoms with Crippen molar-refractivity contribution < 1.29 is 18.9 Å². The SMILES string of the molecule is NC(c1ccccc1)c1cc(CC2CO2)c(CC2CO2)c(CC2CO2)c1CC1CO1. The van der Waals surface area contributed by atoms with E-state index in [9.17, 15) is 0 Å². The van der Waals surface area contributed by atoms with Gasteiger partial charge in [0.15, 0.2) is 0 Å². The van der Waals surface area contributed by atoms with Crippen LogP contribution in [-0.2, 0) is 44.6 Å². The summed E-state index contributed by atoms with van der Waals surface area (Å²) in [4.78, 5) is 0. The molecule has 4 saturated heterocycles. The van der Waals surface area contributed by atoms with Gasteiger partial charge in [0.2, 0.25) is 0 Å². The molecule has 0 spiro atoms. The van der Waals surface area contributed by atoms with E-state index >= 15 is 0 Å². The van der Waals surface area contributed by atoms with Gasteiger partial charge in [-0.05, 0) is 33.4 Å². The Morgan fingerprint density at radius 3 is 1.77 bits per heavy atom. The van der Waals surface area contributed by atoms with Crippen LogP contribution in [0.2, 0.25) is 0 Å². The number of rotatable bonds is 10. The third-order valence-electron chi connectivity index (χ3n) is 6.64. The summed E-state index contributed by atoms with van der Waals surface area (Å²) in [5.74, 6) is 0. The molecule has 0 aromatic heterocycles. The highest BCUT2D eigenvalue weighted by Gasteiger charge is 2.35. The lowest BCUT2D eigenvalue weighted by Crippen LogP contribution is -2.20. The van der Waals surface area contributed by atoms with Crippen molar-refractivity contribution in [2.75, 3.05) is 26.4 Å². The van der Waals surface area contributed by atoms with Crippen LogP contribution in [-0.4, -0.2) is 50.8 Å². The van der Waals surface area contributed by atoms with Crippen LogP contribution in [0.15, 0.2) is 36.4 Å². The molecule has 4 aliphatic rings. The zero-order valence-electron chi connectivity index (χ0n) is 17.2. The minimum atomic E-state index is -0.149. The normalized spacial score (nSPS) is 29.5. The maximum Gasteiger partial charge on any atom is 0.0850 e. The van der Waals surface area contributed by atoms with E-state index in [1.54, 1.807) is 0 Å². The molecule has 5 unspecified atom stereocenters. The lowest BCUT2D eigenvalue weighted by atomic mass is 9.81. The Morgan fingerprint density at radius 2 is 1.20 bits per heavy atom. The van der Waals surface area contributed by atoms with Crippen LogP contribution >= 0.6 is 0 Å². The van der Waals surface area contributed by atoms with Crippen LogP contribution in [0.3, 0.4) is 0 Å². The highest BCUT2D eigenvalue weighted by Crippen LogP contribution is 2.37. The third kappa shape index (κ3) is 4.32. The second kappa shape index (κ2) is 7.74. The monoisotopic (exact) mass is 407 g/mol. The van der Waals surface area contributed by atoms with Crippen LogP contribution < -0.4 is 5.73 Å². The van der Waals surface area contributed by atoms with Crippen molar-refractivity contribution in [2.24, 2.45) is 5.73 Å². The van der Waals surface area contributed by atoms with Crippen molar-refractivity contribution in [2.45, 2.75) is 56.1 Å². The molecule has 0 aliphatic carbocycles. The number of nitrogens with two attached hydrogens (primary N) is 1. The van der Waals surface area contributed by atoms with E-state index in [-0.39, 0.29) is 6.04 Å². The molecule has 0 radical (unpaired) electrons. The minimum absolute atomic E-state index is 0.149. The maximum absolute atomic E-state index is 6.88. The molecule has 30 heavy (non-hydrogen) atoms. The lowest BCUT2D eigenvalue weighted by molar-refractivity contribution is 0.395. The van der Waals surface area contributed by atoms with Gasteiger partial charge in [0, 0.05) is 25.7 Å². The van der Waals surface area contributed by atoms with E-state index in [1.807, 2.05) is 6.07 Å². The highest BCUT2D eigenvalue weighted by atomic mass is 16.6. The molecule has 5 heteroatoms. The van der Waals surface area contributed by atoms with Crippen molar-refractivity contribution in [1.29, 1.82) is 0 Å². The summed E-state index contributed by atoms with van der Waals surface area (Å²) in [5.41, 5.74) is 14.9. The predicted octanol–water partition coefficient (Wildman–Crippen LogP) is 2.50. The number of hydrogen-bond acceptors (Lipinski definition) is 5. The van der Waals surface area contributed by atoms with Gasteiger partial charge < -0.3 is 24.7 Å². The molecule has 4 fully saturated rings. The predicted molar refractivity (Wildman–Crippen MR) is 113 cm³/mol. The van der Waals surface area contributed by atoms with E-state index in [0.29, 0.717) is 24.4 Å². The molecule has 2 N–H and O–H groups in total. The molecular weight excluding hydrogens is 378 g/mol. The summed E-state index contributed by atoms with van der Waals surface area (Å²) in [6.07, 6.45) is 5.14. The van der Waals surface area contributed by atoms with Crippen LogP contribution in [0.25, 0.3) is 0 Å². The van der Waals surface area contributed by atoms with Gasteiger partial charge in [-0.3, -0.25) is 0 Å². The molecule has 2 aromatic carbocycles. The molecule has 0 bridgehead atoms. The van der Waals surface area contributed by atoms with Crippen LogP contribution in [0, 0.1) is 0 Å². The average Bonchev–Trinajstić information content (AvgIpc) is 3.59. The fraction of sp³-hybridized carbons (Fsp3) is 0.520. The van der Waals surface area contributed by atoms with Crippen molar-refractivity contribution in [3.63, 3.8) is 0 Å². The van der Waals surface area contributed by atoms with E-state index < -0.39 is 0 Å². The molecule has 2 aromatic rings. The van der Waals surface area contributed by atoms with Gasteiger partial charge in [-0.25, -0.2) is 0 Å². The first-order valence-corrected chi connectivity index (χ1v) is 11.2. The van der Waals surface area contributed by atoms with E-state index in [1.165, 1.54) is 27.8 Å². The summed E-state index contributed by atoms with van der Waals surface area (Å²) >= 11 is 0. The standard InChI is InChI=1S/C25H29NO4/c26-25(15-4-2-1-3-5-15)24-7-16(6-17-11-27-17)21(8-18-12-28-18)22(9-19-13-29-19)23(24)10-20-14-30-20/h1-5,7,17-20,25H,6,8-14,26H2. The van der Waals surface area contributed by atoms with Gasteiger partial charge in [0.25, 0.3) is 0 Å². The van der Waals surface area contributed by atoms with Crippen molar-refractivity contribution >= 4 is 0 Å². The van der Waals surface area contributed by atoms with Crippen molar-refractivity contribution in [3.05, 3.63) is 69.8 Å². The Hall–Kier alpha value is -1.76. The summed E-state index contributed by atoms with van der Waals surface area (Å²) in [6.45, 7) is 3.43. The third-order valence-corrected chi connectivity index (χ3v) is 6.64. The Bertz CT molecular complexity index is 914. The first-order valence-electron chi connectivity index (χ1n) is 11.2. The van der Waals surface area contributed by atoms with E-state index in [4.69, 9.17) is 24.7 Å². The summed E-state index contributed by atoms with van der Waals surface area (Å²) in [6, 6.07) is 12.6. The van der Waals surface area contributed by atoms with Gasteiger partial charge in [-0.2, -0.15) is 0 Å². The smallest absolute Gasteiger partial charge is 0.0850 e.